The summed E-state index contributed by atoms with van der Waals surface area (Å²) in [7, 11) is 0. The molecule has 2 rings (SSSR count). The first-order valence-corrected chi connectivity index (χ1v) is 8.57. The van der Waals surface area contributed by atoms with Gasteiger partial charge in [-0.1, -0.05) is 26.0 Å². The van der Waals surface area contributed by atoms with Gasteiger partial charge in [-0.3, -0.25) is 4.79 Å². The maximum absolute atomic E-state index is 12.2. The third-order valence-electron chi connectivity index (χ3n) is 3.35. The molecule has 2 aromatic rings. The standard InChI is InChI=1S/C20H26N2O3/c1-4-24-17-11-9-16(10-12-17)21-13-20(23)22-18-7-5-6-8-19(18)25-14-15(2)3/h5-12,15,21H,4,13-14H2,1-3H3,(H,22,23). The van der Waals surface area contributed by atoms with Crippen LogP contribution in [0.15, 0.2) is 48.5 Å². The second-order valence-corrected chi connectivity index (χ2v) is 6.06. The zero-order chi connectivity index (χ0) is 18.1. The number of amides is 1. The molecular formula is C20H26N2O3. The Morgan fingerprint density at radius 1 is 1.04 bits per heavy atom. The van der Waals surface area contributed by atoms with Gasteiger partial charge in [-0.05, 0) is 49.2 Å². The first-order chi connectivity index (χ1) is 12.1. The zero-order valence-electron chi connectivity index (χ0n) is 15.0. The smallest absolute Gasteiger partial charge is 0.243 e. The molecule has 0 bridgehead atoms. The topological polar surface area (TPSA) is 59.6 Å². The summed E-state index contributed by atoms with van der Waals surface area (Å²) in [5.74, 6) is 1.79. The van der Waals surface area contributed by atoms with E-state index in [1.165, 1.54) is 0 Å². The van der Waals surface area contributed by atoms with Crippen LogP contribution in [0.4, 0.5) is 11.4 Å². The minimum Gasteiger partial charge on any atom is -0.494 e. The van der Waals surface area contributed by atoms with Gasteiger partial charge in [0.2, 0.25) is 5.91 Å². The van der Waals surface area contributed by atoms with Crippen LogP contribution in [0.3, 0.4) is 0 Å². The van der Waals surface area contributed by atoms with Crippen molar-refractivity contribution in [2.45, 2.75) is 20.8 Å². The molecule has 0 heterocycles. The summed E-state index contributed by atoms with van der Waals surface area (Å²) in [5.41, 5.74) is 1.55. The lowest BCUT2D eigenvalue weighted by Gasteiger charge is -2.14. The second-order valence-electron chi connectivity index (χ2n) is 6.06. The Morgan fingerprint density at radius 2 is 1.76 bits per heavy atom. The second kappa shape index (κ2) is 9.57. The normalized spacial score (nSPS) is 10.4. The highest BCUT2D eigenvalue weighted by molar-refractivity contribution is 5.95. The Bertz CT molecular complexity index is 669. The molecule has 0 atom stereocenters. The molecule has 0 fully saturated rings. The van der Waals surface area contributed by atoms with Crippen LogP contribution in [0.25, 0.3) is 0 Å². The lowest BCUT2D eigenvalue weighted by molar-refractivity contribution is -0.114. The van der Waals surface area contributed by atoms with E-state index in [1.54, 1.807) is 0 Å². The molecule has 2 N–H and O–H groups in total. The molecule has 0 aromatic heterocycles. The number of benzene rings is 2. The molecule has 0 aliphatic rings. The van der Waals surface area contributed by atoms with Gasteiger partial charge in [0, 0.05) is 5.69 Å². The first kappa shape index (κ1) is 18.6. The highest BCUT2D eigenvalue weighted by Crippen LogP contribution is 2.24. The van der Waals surface area contributed by atoms with E-state index in [1.807, 2.05) is 55.5 Å². The molecule has 5 nitrogen and oxygen atoms in total. The van der Waals surface area contributed by atoms with Crippen molar-refractivity contribution in [3.63, 3.8) is 0 Å². The number of carbonyl (C=O) groups is 1. The predicted molar refractivity (Wildman–Crippen MR) is 102 cm³/mol. The average Bonchev–Trinajstić information content (AvgIpc) is 2.60. The Kier molecular flexibility index (Phi) is 7.14. The van der Waals surface area contributed by atoms with Gasteiger partial charge in [0.1, 0.15) is 11.5 Å². The van der Waals surface area contributed by atoms with Crippen molar-refractivity contribution in [2.24, 2.45) is 5.92 Å². The van der Waals surface area contributed by atoms with E-state index >= 15 is 0 Å². The Balaban J connectivity index is 1.87. The van der Waals surface area contributed by atoms with Crippen molar-refractivity contribution in [1.29, 1.82) is 0 Å². The van der Waals surface area contributed by atoms with Crippen molar-refractivity contribution >= 4 is 17.3 Å². The van der Waals surface area contributed by atoms with Crippen LogP contribution in [0.5, 0.6) is 11.5 Å². The van der Waals surface area contributed by atoms with E-state index in [2.05, 4.69) is 24.5 Å². The lowest BCUT2D eigenvalue weighted by Crippen LogP contribution is -2.22. The number of rotatable bonds is 9. The Hall–Kier alpha value is -2.69. The number of anilines is 2. The minimum atomic E-state index is -0.130. The fraction of sp³-hybridized carbons (Fsp3) is 0.350. The number of hydrogen-bond acceptors (Lipinski definition) is 4. The molecular weight excluding hydrogens is 316 g/mol. The minimum absolute atomic E-state index is 0.130. The van der Waals surface area contributed by atoms with Crippen LogP contribution in [0, 0.1) is 5.92 Å². The molecule has 5 heteroatoms. The average molecular weight is 342 g/mol. The van der Waals surface area contributed by atoms with E-state index < -0.39 is 0 Å². The molecule has 25 heavy (non-hydrogen) atoms. The summed E-state index contributed by atoms with van der Waals surface area (Å²) in [5, 5.41) is 5.98. The molecule has 0 saturated carbocycles. The molecule has 0 saturated heterocycles. The van der Waals surface area contributed by atoms with Crippen LogP contribution in [0.2, 0.25) is 0 Å². The monoisotopic (exact) mass is 342 g/mol. The maximum Gasteiger partial charge on any atom is 0.243 e. The quantitative estimate of drug-likeness (QED) is 0.718. The molecule has 0 radical (unpaired) electrons. The molecule has 0 spiro atoms. The number of para-hydroxylation sites is 2. The predicted octanol–water partition coefficient (Wildman–Crippen LogP) is 4.17. The SMILES string of the molecule is CCOc1ccc(NCC(=O)Nc2ccccc2OCC(C)C)cc1. The maximum atomic E-state index is 12.2. The number of ether oxygens (including phenoxy) is 2. The van der Waals surface area contributed by atoms with E-state index in [0.29, 0.717) is 30.6 Å². The van der Waals surface area contributed by atoms with E-state index in [0.717, 1.165) is 11.4 Å². The van der Waals surface area contributed by atoms with Gasteiger partial charge in [0.25, 0.3) is 0 Å². The van der Waals surface area contributed by atoms with Gasteiger partial charge in [-0.2, -0.15) is 0 Å². The fourth-order valence-electron chi connectivity index (χ4n) is 2.16. The molecule has 134 valence electrons. The number of hydrogen-bond donors (Lipinski definition) is 2. The third kappa shape index (κ3) is 6.37. The van der Waals surface area contributed by atoms with Crippen molar-refractivity contribution in [1.82, 2.24) is 0 Å². The van der Waals surface area contributed by atoms with Crippen LogP contribution in [-0.4, -0.2) is 25.7 Å². The van der Waals surface area contributed by atoms with Gasteiger partial charge in [-0.25, -0.2) is 0 Å². The Labute approximate surface area is 149 Å². The summed E-state index contributed by atoms with van der Waals surface area (Å²) >= 11 is 0. The number of nitrogens with one attached hydrogen (secondary N) is 2. The largest absolute Gasteiger partial charge is 0.494 e. The molecule has 0 unspecified atom stereocenters. The van der Waals surface area contributed by atoms with Crippen LogP contribution >= 0.6 is 0 Å². The van der Waals surface area contributed by atoms with Gasteiger partial charge in [-0.15, -0.1) is 0 Å². The van der Waals surface area contributed by atoms with Crippen LogP contribution in [-0.2, 0) is 4.79 Å². The van der Waals surface area contributed by atoms with E-state index in [9.17, 15) is 4.79 Å². The van der Waals surface area contributed by atoms with Gasteiger partial charge in [0.05, 0.1) is 25.4 Å². The summed E-state index contributed by atoms with van der Waals surface area (Å²) in [6.07, 6.45) is 0. The molecule has 0 aliphatic carbocycles. The van der Waals surface area contributed by atoms with Crippen molar-refractivity contribution in [3.8, 4) is 11.5 Å². The van der Waals surface area contributed by atoms with Crippen LogP contribution in [0.1, 0.15) is 20.8 Å². The molecule has 2 aromatic carbocycles. The summed E-state index contributed by atoms with van der Waals surface area (Å²) in [6.45, 7) is 7.53. The van der Waals surface area contributed by atoms with Gasteiger partial charge < -0.3 is 20.1 Å². The molecule has 0 aliphatic heterocycles. The zero-order valence-corrected chi connectivity index (χ0v) is 15.0. The van der Waals surface area contributed by atoms with Crippen molar-refractivity contribution in [2.75, 3.05) is 30.4 Å². The van der Waals surface area contributed by atoms with Crippen LogP contribution < -0.4 is 20.1 Å². The summed E-state index contributed by atoms with van der Waals surface area (Å²) < 4.78 is 11.1. The van der Waals surface area contributed by atoms with E-state index in [-0.39, 0.29) is 12.5 Å². The summed E-state index contributed by atoms with van der Waals surface area (Å²) in [4.78, 5) is 12.2. The molecule has 1 amide bonds. The number of carbonyl (C=O) groups excluding carboxylic acids is 1. The third-order valence-corrected chi connectivity index (χ3v) is 3.35. The Morgan fingerprint density at radius 3 is 2.44 bits per heavy atom. The highest BCUT2D eigenvalue weighted by atomic mass is 16.5. The first-order valence-electron chi connectivity index (χ1n) is 8.57. The van der Waals surface area contributed by atoms with Crippen molar-refractivity contribution in [3.05, 3.63) is 48.5 Å². The van der Waals surface area contributed by atoms with Gasteiger partial charge in [0.15, 0.2) is 0 Å². The fourth-order valence-corrected chi connectivity index (χ4v) is 2.16. The van der Waals surface area contributed by atoms with Gasteiger partial charge >= 0.3 is 0 Å². The highest BCUT2D eigenvalue weighted by Gasteiger charge is 2.08. The lowest BCUT2D eigenvalue weighted by atomic mass is 10.2. The van der Waals surface area contributed by atoms with E-state index in [4.69, 9.17) is 9.47 Å². The van der Waals surface area contributed by atoms with Crippen molar-refractivity contribution < 1.29 is 14.3 Å². The summed E-state index contributed by atoms with van der Waals surface area (Å²) in [6, 6.07) is 15.0.